The summed E-state index contributed by atoms with van der Waals surface area (Å²) in [6, 6.07) is 4.13. The van der Waals surface area contributed by atoms with E-state index in [9.17, 15) is 0 Å². The van der Waals surface area contributed by atoms with Gasteiger partial charge >= 0.3 is 0 Å². The van der Waals surface area contributed by atoms with Gasteiger partial charge in [-0.3, -0.25) is 9.88 Å². The summed E-state index contributed by atoms with van der Waals surface area (Å²) in [5, 5.41) is 0. The van der Waals surface area contributed by atoms with Crippen LogP contribution in [0.5, 0.6) is 0 Å². The molecule has 1 aliphatic heterocycles. The van der Waals surface area contributed by atoms with E-state index >= 15 is 0 Å². The van der Waals surface area contributed by atoms with Crippen LogP contribution in [-0.4, -0.2) is 23.0 Å². The molecule has 12 heavy (non-hydrogen) atoms. The van der Waals surface area contributed by atoms with Gasteiger partial charge in [-0.1, -0.05) is 13.5 Å². The molecule has 0 aliphatic carbocycles. The monoisotopic (exact) mass is 164 g/mol. The number of hydrogen-bond acceptors (Lipinski definition) is 2. The lowest BCUT2D eigenvalue weighted by Gasteiger charge is -2.30. The Balaban J connectivity index is 0.000000720. The van der Waals surface area contributed by atoms with E-state index in [-0.39, 0.29) is 7.43 Å². The quantitative estimate of drug-likeness (QED) is 0.664. The first kappa shape index (κ1) is 9.20. The van der Waals surface area contributed by atoms with Crippen molar-refractivity contribution in [1.82, 2.24) is 9.88 Å². The zero-order chi connectivity index (χ0) is 7.52. The fourth-order valence-electron chi connectivity index (χ4n) is 1.29. The summed E-state index contributed by atoms with van der Waals surface area (Å²) in [5.41, 5.74) is 1.33. The van der Waals surface area contributed by atoms with E-state index in [0.717, 1.165) is 6.54 Å². The Morgan fingerprint density at radius 1 is 1.42 bits per heavy atom. The van der Waals surface area contributed by atoms with Crippen LogP contribution in [0.25, 0.3) is 0 Å². The maximum Gasteiger partial charge on any atom is 0.0312 e. The normalized spacial score (nSPS) is 16.3. The van der Waals surface area contributed by atoms with Crippen LogP contribution in [0, 0.1) is 0 Å². The predicted octanol–water partition coefficient (Wildman–Crippen LogP) is 1.92. The molecule has 2 heterocycles. The zero-order valence-electron chi connectivity index (χ0n) is 6.53. The van der Waals surface area contributed by atoms with Crippen molar-refractivity contribution in [3.63, 3.8) is 0 Å². The summed E-state index contributed by atoms with van der Waals surface area (Å²) in [4.78, 5) is 6.50. The third-order valence-electron chi connectivity index (χ3n) is 2.08. The molecule has 0 spiro atoms. The molecule has 1 aliphatic rings. The highest BCUT2D eigenvalue weighted by Gasteiger charge is 2.12. The van der Waals surface area contributed by atoms with Crippen molar-refractivity contribution in [3.05, 3.63) is 30.1 Å². The van der Waals surface area contributed by atoms with E-state index in [1.165, 1.54) is 25.1 Å². The zero-order valence-corrected chi connectivity index (χ0v) is 6.53. The Labute approximate surface area is 74.2 Å². The van der Waals surface area contributed by atoms with Gasteiger partial charge in [0.2, 0.25) is 0 Å². The fraction of sp³-hybridized carbons (Fsp3) is 0.500. The summed E-state index contributed by atoms with van der Waals surface area (Å²) in [5.74, 6) is 0. The number of nitrogens with zero attached hydrogens (tertiary/aromatic N) is 2. The molecule has 0 N–H and O–H groups in total. The van der Waals surface area contributed by atoms with E-state index < -0.39 is 0 Å². The second kappa shape index (κ2) is 4.21. The maximum atomic E-state index is 4.07. The topological polar surface area (TPSA) is 16.1 Å². The highest BCUT2D eigenvalue weighted by Crippen LogP contribution is 2.10. The molecule has 2 rings (SSSR count). The van der Waals surface area contributed by atoms with Crippen molar-refractivity contribution in [3.8, 4) is 0 Å². The van der Waals surface area contributed by atoms with Gasteiger partial charge in [-0.25, -0.2) is 0 Å². The second-order valence-electron chi connectivity index (χ2n) is 2.99. The average Bonchev–Trinajstić information content (AvgIpc) is 1.99. The van der Waals surface area contributed by atoms with E-state index in [1.54, 1.807) is 0 Å². The standard InChI is InChI=1S/C9H12N2.CH4/c1-3-9(7-10-4-1)8-11-5-2-6-11;/h1,3-4,7H,2,5-6,8H2;1H4. The Morgan fingerprint density at radius 2 is 2.25 bits per heavy atom. The lowest BCUT2D eigenvalue weighted by atomic mass is 10.2. The minimum absolute atomic E-state index is 0. The molecule has 1 fully saturated rings. The van der Waals surface area contributed by atoms with E-state index in [0.29, 0.717) is 0 Å². The van der Waals surface area contributed by atoms with Gasteiger partial charge in [-0.15, -0.1) is 0 Å². The lowest BCUT2D eigenvalue weighted by molar-refractivity contribution is 0.172. The van der Waals surface area contributed by atoms with Gasteiger partial charge in [-0.05, 0) is 31.1 Å². The highest BCUT2D eigenvalue weighted by atomic mass is 15.2. The SMILES string of the molecule is C.c1cncc(CN2CCC2)c1. The van der Waals surface area contributed by atoms with E-state index in [4.69, 9.17) is 0 Å². The highest BCUT2D eigenvalue weighted by molar-refractivity contribution is 5.08. The lowest BCUT2D eigenvalue weighted by Crippen LogP contribution is -2.36. The van der Waals surface area contributed by atoms with Gasteiger partial charge in [0.15, 0.2) is 0 Å². The minimum Gasteiger partial charge on any atom is -0.299 e. The first-order valence-corrected chi connectivity index (χ1v) is 4.06. The van der Waals surface area contributed by atoms with E-state index in [2.05, 4.69) is 16.0 Å². The van der Waals surface area contributed by atoms with Crippen LogP contribution in [0.1, 0.15) is 19.4 Å². The fourth-order valence-corrected chi connectivity index (χ4v) is 1.29. The molecule has 0 bridgehead atoms. The molecule has 0 radical (unpaired) electrons. The van der Waals surface area contributed by atoms with Crippen LogP contribution in [0.4, 0.5) is 0 Å². The predicted molar refractivity (Wildman–Crippen MR) is 50.9 cm³/mol. The van der Waals surface area contributed by atoms with Crippen molar-refractivity contribution in [2.75, 3.05) is 13.1 Å². The summed E-state index contributed by atoms with van der Waals surface area (Å²) < 4.78 is 0. The number of pyridine rings is 1. The summed E-state index contributed by atoms with van der Waals surface area (Å²) in [6.45, 7) is 3.59. The minimum atomic E-state index is 0. The largest absolute Gasteiger partial charge is 0.299 e. The third kappa shape index (κ3) is 2.05. The van der Waals surface area contributed by atoms with Gasteiger partial charge in [-0.2, -0.15) is 0 Å². The average molecular weight is 164 g/mol. The Kier molecular flexibility index (Phi) is 3.23. The van der Waals surface area contributed by atoms with Gasteiger partial charge in [0.1, 0.15) is 0 Å². The van der Waals surface area contributed by atoms with Crippen LogP contribution in [0.15, 0.2) is 24.5 Å². The van der Waals surface area contributed by atoms with Crippen molar-refractivity contribution >= 4 is 0 Å². The molecule has 1 aromatic rings. The number of rotatable bonds is 2. The maximum absolute atomic E-state index is 4.07. The number of hydrogen-bond donors (Lipinski definition) is 0. The van der Waals surface area contributed by atoms with Crippen LogP contribution in [0.3, 0.4) is 0 Å². The Bertz CT molecular complexity index is 217. The molecule has 1 aromatic heterocycles. The molecule has 1 saturated heterocycles. The van der Waals surface area contributed by atoms with Crippen LogP contribution in [0.2, 0.25) is 0 Å². The van der Waals surface area contributed by atoms with Crippen LogP contribution in [-0.2, 0) is 6.54 Å². The van der Waals surface area contributed by atoms with Gasteiger partial charge in [0, 0.05) is 18.9 Å². The summed E-state index contributed by atoms with van der Waals surface area (Å²) in [6.07, 6.45) is 5.12. The molecular weight excluding hydrogens is 148 g/mol. The Hall–Kier alpha value is -0.890. The van der Waals surface area contributed by atoms with Crippen LogP contribution >= 0.6 is 0 Å². The molecule has 0 unspecified atom stereocenters. The molecule has 2 heteroatoms. The number of likely N-dealkylation sites (tertiary alicyclic amines) is 1. The first-order chi connectivity index (χ1) is 5.45. The van der Waals surface area contributed by atoms with Crippen molar-refractivity contribution in [2.45, 2.75) is 20.4 Å². The van der Waals surface area contributed by atoms with Crippen molar-refractivity contribution in [2.24, 2.45) is 0 Å². The van der Waals surface area contributed by atoms with Crippen molar-refractivity contribution in [1.29, 1.82) is 0 Å². The molecule has 0 amide bonds. The van der Waals surface area contributed by atoms with Crippen molar-refractivity contribution < 1.29 is 0 Å². The van der Waals surface area contributed by atoms with E-state index in [1.807, 2.05) is 18.5 Å². The first-order valence-electron chi connectivity index (χ1n) is 4.06. The van der Waals surface area contributed by atoms with Crippen LogP contribution < -0.4 is 0 Å². The second-order valence-corrected chi connectivity index (χ2v) is 2.99. The Morgan fingerprint density at radius 3 is 2.75 bits per heavy atom. The summed E-state index contributed by atoms with van der Waals surface area (Å²) >= 11 is 0. The van der Waals surface area contributed by atoms with Gasteiger partial charge in [0.05, 0.1) is 0 Å². The molecule has 66 valence electrons. The van der Waals surface area contributed by atoms with Gasteiger partial charge < -0.3 is 0 Å². The molecular formula is C10H16N2. The molecule has 0 atom stereocenters. The molecule has 0 aromatic carbocycles. The molecule has 2 nitrogen and oxygen atoms in total. The smallest absolute Gasteiger partial charge is 0.0312 e. The molecule has 0 saturated carbocycles. The number of aromatic nitrogens is 1. The van der Waals surface area contributed by atoms with Gasteiger partial charge in [0.25, 0.3) is 0 Å². The third-order valence-corrected chi connectivity index (χ3v) is 2.08. The summed E-state index contributed by atoms with van der Waals surface area (Å²) in [7, 11) is 0.